The van der Waals surface area contributed by atoms with Crippen molar-refractivity contribution < 1.29 is 9.90 Å². The van der Waals surface area contributed by atoms with Crippen LogP contribution >= 0.6 is 11.6 Å². The van der Waals surface area contributed by atoms with Crippen LogP contribution in [-0.4, -0.2) is 28.9 Å². The van der Waals surface area contributed by atoms with Gasteiger partial charge in [0.15, 0.2) is 5.78 Å². The highest BCUT2D eigenvalue weighted by molar-refractivity contribution is 6.31. The molecule has 0 aliphatic carbocycles. The molecule has 1 N–H and O–H groups in total. The molecule has 0 amide bonds. The third kappa shape index (κ3) is 3.78. The van der Waals surface area contributed by atoms with Crippen LogP contribution in [0.4, 0.5) is 0 Å². The Morgan fingerprint density at radius 1 is 1.38 bits per heavy atom. The van der Waals surface area contributed by atoms with E-state index in [9.17, 15) is 9.90 Å². The van der Waals surface area contributed by atoms with E-state index >= 15 is 0 Å². The smallest absolute Gasteiger partial charge is 0.163 e. The molecule has 3 nitrogen and oxygen atoms in total. The molecular formula is C17H24ClNO2. The largest absolute Gasteiger partial charge is 0.507 e. The molecule has 1 saturated heterocycles. The van der Waals surface area contributed by atoms with E-state index in [1.165, 1.54) is 32.3 Å². The Balaban J connectivity index is 2.12. The second-order valence-corrected chi connectivity index (χ2v) is 6.89. The fraction of sp³-hybridized carbons (Fsp3) is 0.588. The van der Waals surface area contributed by atoms with Crippen LogP contribution in [-0.2, 0) is 6.54 Å². The molecule has 1 aliphatic heterocycles. The molecule has 1 fully saturated rings. The van der Waals surface area contributed by atoms with Gasteiger partial charge in [0.1, 0.15) is 5.75 Å². The second kappa shape index (κ2) is 6.37. The third-order valence-corrected chi connectivity index (χ3v) is 5.06. The lowest BCUT2D eigenvalue weighted by Crippen LogP contribution is -2.37. The van der Waals surface area contributed by atoms with Crippen LogP contribution in [0.5, 0.6) is 5.75 Å². The molecule has 1 aromatic rings. The first-order valence-corrected chi connectivity index (χ1v) is 7.97. The molecule has 1 heterocycles. The van der Waals surface area contributed by atoms with E-state index in [0.717, 1.165) is 18.7 Å². The summed E-state index contributed by atoms with van der Waals surface area (Å²) in [4.78, 5) is 13.9. The molecule has 0 atom stereocenters. The molecule has 4 heteroatoms. The van der Waals surface area contributed by atoms with E-state index in [1.807, 2.05) is 0 Å². The number of hydrogen-bond acceptors (Lipinski definition) is 3. The fourth-order valence-corrected chi connectivity index (χ4v) is 3.13. The Hall–Kier alpha value is -1.06. The van der Waals surface area contributed by atoms with E-state index in [4.69, 9.17) is 11.6 Å². The van der Waals surface area contributed by atoms with Crippen LogP contribution < -0.4 is 0 Å². The topological polar surface area (TPSA) is 40.5 Å². The molecule has 0 bridgehead atoms. The van der Waals surface area contributed by atoms with Crippen molar-refractivity contribution in [2.45, 2.75) is 46.6 Å². The number of benzene rings is 1. The van der Waals surface area contributed by atoms with Gasteiger partial charge in [0, 0.05) is 17.1 Å². The SMILES string of the molecule is CCC1(C)CCN(Cc2cc(Cl)cc(C(C)=O)c2O)CC1. The van der Waals surface area contributed by atoms with Crippen molar-refractivity contribution in [1.29, 1.82) is 0 Å². The van der Waals surface area contributed by atoms with E-state index in [0.29, 0.717) is 22.5 Å². The standard InChI is InChI=1S/C17H24ClNO2/c1-4-17(3)5-7-19(8-6-17)11-13-9-14(18)10-15(12(2)20)16(13)21/h9-10,21H,4-8,11H2,1-3H3. The number of phenols is 1. The van der Waals surface area contributed by atoms with Gasteiger partial charge in [-0.05, 0) is 50.4 Å². The highest BCUT2D eigenvalue weighted by atomic mass is 35.5. The van der Waals surface area contributed by atoms with Crippen molar-refractivity contribution in [2.75, 3.05) is 13.1 Å². The zero-order valence-electron chi connectivity index (χ0n) is 13.1. The van der Waals surface area contributed by atoms with Gasteiger partial charge in [0.2, 0.25) is 0 Å². The molecule has 0 aromatic heterocycles. The summed E-state index contributed by atoms with van der Waals surface area (Å²) in [5.74, 6) is -0.0795. The number of nitrogens with zero attached hydrogens (tertiary/aromatic N) is 1. The van der Waals surface area contributed by atoms with Crippen molar-refractivity contribution in [1.82, 2.24) is 4.90 Å². The summed E-state index contributed by atoms with van der Waals surface area (Å²) in [6.45, 7) is 8.72. The molecule has 0 saturated carbocycles. The van der Waals surface area contributed by atoms with Gasteiger partial charge in [0.25, 0.3) is 0 Å². The number of carbonyl (C=O) groups excluding carboxylic acids is 1. The van der Waals surface area contributed by atoms with Gasteiger partial charge in [0.05, 0.1) is 5.56 Å². The lowest BCUT2D eigenvalue weighted by atomic mass is 9.78. The first-order valence-electron chi connectivity index (χ1n) is 7.59. The molecule has 0 radical (unpaired) electrons. The zero-order valence-corrected chi connectivity index (χ0v) is 13.8. The Morgan fingerprint density at radius 2 is 2.00 bits per heavy atom. The Bertz CT molecular complexity index is 534. The third-order valence-electron chi connectivity index (χ3n) is 4.84. The zero-order chi connectivity index (χ0) is 15.6. The maximum atomic E-state index is 11.6. The molecular weight excluding hydrogens is 286 g/mol. The summed E-state index contributed by atoms with van der Waals surface area (Å²) >= 11 is 6.07. The van der Waals surface area contributed by atoms with Gasteiger partial charge in [-0.15, -0.1) is 0 Å². The Morgan fingerprint density at radius 3 is 2.52 bits per heavy atom. The average molecular weight is 310 g/mol. The molecule has 0 unspecified atom stereocenters. The van der Waals surface area contributed by atoms with Crippen LogP contribution in [0.1, 0.15) is 56.0 Å². The Kier molecular flexibility index (Phi) is 4.95. The highest BCUT2D eigenvalue weighted by Gasteiger charge is 2.28. The highest BCUT2D eigenvalue weighted by Crippen LogP contribution is 2.35. The van der Waals surface area contributed by atoms with Gasteiger partial charge in [-0.2, -0.15) is 0 Å². The fourth-order valence-electron chi connectivity index (χ4n) is 2.89. The summed E-state index contributed by atoms with van der Waals surface area (Å²) in [6, 6.07) is 3.30. The van der Waals surface area contributed by atoms with Gasteiger partial charge >= 0.3 is 0 Å². The van der Waals surface area contributed by atoms with Crippen LogP contribution in [0.25, 0.3) is 0 Å². The summed E-state index contributed by atoms with van der Waals surface area (Å²) < 4.78 is 0. The van der Waals surface area contributed by atoms with E-state index in [2.05, 4.69) is 18.7 Å². The summed E-state index contributed by atoms with van der Waals surface area (Å²) in [7, 11) is 0. The lowest BCUT2D eigenvalue weighted by molar-refractivity contribution is 0.101. The van der Waals surface area contributed by atoms with Gasteiger partial charge in [-0.1, -0.05) is 31.9 Å². The summed E-state index contributed by atoms with van der Waals surface area (Å²) in [5, 5.41) is 10.8. The van der Waals surface area contributed by atoms with Crippen molar-refractivity contribution in [3.63, 3.8) is 0 Å². The lowest BCUT2D eigenvalue weighted by Gasteiger charge is -2.39. The molecule has 0 spiro atoms. The maximum Gasteiger partial charge on any atom is 0.163 e. The van der Waals surface area contributed by atoms with Crippen molar-refractivity contribution >= 4 is 17.4 Å². The Labute approximate surface area is 131 Å². The van der Waals surface area contributed by atoms with Crippen LogP contribution in [0.3, 0.4) is 0 Å². The number of ketones is 1. The molecule has 116 valence electrons. The minimum atomic E-state index is -0.159. The number of Topliss-reactive ketones (excluding diaryl/α,β-unsaturated/α-hetero) is 1. The number of rotatable bonds is 4. The summed E-state index contributed by atoms with van der Waals surface area (Å²) in [5.41, 5.74) is 1.50. The van der Waals surface area contributed by atoms with E-state index in [1.54, 1.807) is 6.07 Å². The van der Waals surface area contributed by atoms with Gasteiger partial charge in [-0.25, -0.2) is 0 Å². The molecule has 21 heavy (non-hydrogen) atoms. The first kappa shape index (κ1) is 16.3. The monoisotopic (exact) mass is 309 g/mol. The number of hydrogen-bond donors (Lipinski definition) is 1. The maximum absolute atomic E-state index is 11.6. The number of likely N-dealkylation sites (tertiary alicyclic amines) is 1. The van der Waals surface area contributed by atoms with Gasteiger partial charge in [-0.3, -0.25) is 9.69 Å². The number of piperidine rings is 1. The number of halogens is 1. The molecule has 1 aliphatic rings. The second-order valence-electron chi connectivity index (χ2n) is 6.46. The van der Waals surface area contributed by atoms with Crippen LogP contribution in [0, 0.1) is 5.41 Å². The summed E-state index contributed by atoms with van der Waals surface area (Å²) in [6.07, 6.45) is 3.55. The number of carbonyl (C=O) groups is 1. The average Bonchev–Trinajstić information content (AvgIpc) is 2.45. The predicted octanol–water partition coefficient (Wildman–Crippen LogP) is 4.26. The predicted molar refractivity (Wildman–Crippen MR) is 86.0 cm³/mol. The normalized spacial score (nSPS) is 18.7. The molecule has 1 aromatic carbocycles. The minimum absolute atomic E-state index is 0.0794. The molecule has 2 rings (SSSR count). The van der Waals surface area contributed by atoms with Crippen molar-refractivity contribution in [2.24, 2.45) is 5.41 Å². The minimum Gasteiger partial charge on any atom is -0.507 e. The number of phenolic OH excluding ortho intramolecular Hbond substituents is 1. The van der Waals surface area contributed by atoms with Crippen molar-refractivity contribution in [3.05, 3.63) is 28.3 Å². The van der Waals surface area contributed by atoms with Crippen LogP contribution in [0.2, 0.25) is 5.02 Å². The van der Waals surface area contributed by atoms with Crippen LogP contribution in [0.15, 0.2) is 12.1 Å². The quantitative estimate of drug-likeness (QED) is 0.845. The number of aromatic hydroxyl groups is 1. The van der Waals surface area contributed by atoms with E-state index < -0.39 is 0 Å². The van der Waals surface area contributed by atoms with E-state index in [-0.39, 0.29) is 11.5 Å². The van der Waals surface area contributed by atoms with Crippen molar-refractivity contribution in [3.8, 4) is 5.75 Å². The van der Waals surface area contributed by atoms with Gasteiger partial charge < -0.3 is 5.11 Å². The first-order chi connectivity index (χ1) is 9.84.